The minimum absolute atomic E-state index is 0.0925. The molecule has 4 rings (SSSR count). The average Bonchev–Trinajstić information content (AvgIpc) is 3.04. The molecule has 3 heterocycles. The van der Waals surface area contributed by atoms with Crippen molar-refractivity contribution in [3.05, 3.63) is 47.4 Å². The van der Waals surface area contributed by atoms with Gasteiger partial charge in [-0.15, -0.1) is 0 Å². The lowest BCUT2D eigenvalue weighted by Gasteiger charge is -2.32. The third-order valence-electron chi connectivity index (χ3n) is 4.95. The summed E-state index contributed by atoms with van der Waals surface area (Å²) in [6.07, 6.45) is 4.97. The molecular formula is C20H21N5O2. The number of nitrogens with zero attached hydrogens (tertiary/aromatic N) is 4. The topological polar surface area (TPSA) is 80.1 Å². The molecule has 0 radical (unpaired) electrons. The molecule has 138 valence electrons. The SMILES string of the molecule is CC(=O)Nc1ccc(C)c2c1CCCN2C(=O)c1ccnc2c1ncn2C. The van der Waals surface area contributed by atoms with Crippen LogP contribution in [-0.4, -0.2) is 32.9 Å². The summed E-state index contributed by atoms with van der Waals surface area (Å²) in [4.78, 5) is 35.5. The van der Waals surface area contributed by atoms with E-state index in [4.69, 9.17) is 0 Å². The third kappa shape index (κ3) is 2.85. The number of anilines is 2. The van der Waals surface area contributed by atoms with Crippen LogP contribution in [0.15, 0.2) is 30.7 Å². The predicted molar refractivity (Wildman–Crippen MR) is 104 cm³/mol. The highest BCUT2D eigenvalue weighted by atomic mass is 16.2. The maximum Gasteiger partial charge on any atom is 0.260 e. The minimum Gasteiger partial charge on any atom is -0.326 e. The summed E-state index contributed by atoms with van der Waals surface area (Å²) in [7, 11) is 1.86. The van der Waals surface area contributed by atoms with Crippen molar-refractivity contribution < 1.29 is 9.59 Å². The molecule has 0 saturated carbocycles. The lowest BCUT2D eigenvalue weighted by atomic mass is 9.95. The van der Waals surface area contributed by atoms with Crippen LogP contribution in [0, 0.1) is 6.92 Å². The molecule has 0 atom stereocenters. The highest BCUT2D eigenvalue weighted by molar-refractivity contribution is 6.13. The largest absolute Gasteiger partial charge is 0.326 e. The highest BCUT2D eigenvalue weighted by Crippen LogP contribution is 2.37. The van der Waals surface area contributed by atoms with Gasteiger partial charge in [0.1, 0.15) is 5.52 Å². The Balaban J connectivity index is 1.82. The number of aromatic nitrogens is 3. The van der Waals surface area contributed by atoms with Crippen molar-refractivity contribution in [2.45, 2.75) is 26.7 Å². The molecule has 1 aliphatic heterocycles. The summed E-state index contributed by atoms with van der Waals surface area (Å²) in [6, 6.07) is 5.57. The van der Waals surface area contributed by atoms with Gasteiger partial charge in [-0.1, -0.05) is 6.07 Å². The van der Waals surface area contributed by atoms with Crippen molar-refractivity contribution in [2.75, 3.05) is 16.8 Å². The molecule has 1 aliphatic rings. The zero-order valence-electron chi connectivity index (χ0n) is 15.6. The maximum atomic E-state index is 13.4. The molecule has 0 bridgehead atoms. The molecule has 1 N–H and O–H groups in total. The third-order valence-corrected chi connectivity index (χ3v) is 4.95. The van der Waals surface area contributed by atoms with Crippen molar-refractivity contribution in [3.8, 4) is 0 Å². The average molecular weight is 363 g/mol. The van der Waals surface area contributed by atoms with E-state index in [9.17, 15) is 9.59 Å². The number of imidazole rings is 1. The van der Waals surface area contributed by atoms with Crippen LogP contribution in [0.4, 0.5) is 11.4 Å². The first-order valence-corrected chi connectivity index (χ1v) is 8.95. The second kappa shape index (κ2) is 6.50. The fourth-order valence-corrected chi connectivity index (χ4v) is 3.76. The molecule has 1 aromatic carbocycles. The van der Waals surface area contributed by atoms with E-state index in [0.29, 0.717) is 23.3 Å². The molecule has 0 unspecified atom stereocenters. The summed E-state index contributed by atoms with van der Waals surface area (Å²) < 4.78 is 1.80. The number of pyridine rings is 1. The van der Waals surface area contributed by atoms with Crippen molar-refractivity contribution in [3.63, 3.8) is 0 Å². The van der Waals surface area contributed by atoms with Crippen LogP contribution in [0.5, 0.6) is 0 Å². The van der Waals surface area contributed by atoms with Gasteiger partial charge in [0.05, 0.1) is 17.6 Å². The van der Waals surface area contributed by atoms with E-state index in [1.807, 2.05) is 31.0 Å². The van der Waals surface area contributed by atoms with Gasteiger partial charge >= 0.3 is 0 Å². The van der Waals surface area contributed by atoms with E-state index in [1.165, 1.54) is 6.92 Å². The highest BCUT2D eigenvalue weighted by Gasteiger charge is 2.28. The van der Waals surface area contributed by atoms with Crippen LogP contribution in [-0.2, 0) is 18.3 Å². The molecule has 0 fully saturated rings. The molecule has 7 nitrogen and oxygen atoms in total. The van der Waals surface area contributed by atoms with Crippen LogP contribution in [0.25, 0.3) is 11.2 Å². The monoisotopic (exact) mass is 363 g/mol. The number of nitrogens with one attached hydrogen (secondary N) is 1. The van der Waals surface area contributed by atoms with Gasteiger partial charge in [0.15, 0.2) is 5.65 Å². The fourth-order valence-electron chi connectivity index (χ4n) is 3.76. The van der Waals surface area contributed by atoms with Gasteiger partial charge < -0.3 is 14.8 Å². The molecule has 0 aliphatic carbocycles. The Morgan fingerprint density at radius 1 is 1.19 bits per heavy atom. The van der Waals surface area contributed by atoms with Gasteiger partial charge in [-0.2, -0.15) is 0 Å². The van der Waals surface area contributed by atoms with Crippen molar-refractivity contribution in [1.29, 1.82) is 0 Å². The second-order valence-corrected chi connectivity index (χ2v) is 6.88. The molecule has 27 heavy (non-hydrogen) atoms. The standard InChI is InChI=1S/C20H21N5O2/c1-12-6-7-16(23-13(2)26)14-5-4-10-25(18(12)14)20(27)15-8-9-21-19-17(15)22-11-24(19)3/h6-9,11H,4-5,10H2,1-3H3,(H,23,26). The number of hydrogen-bond acceptors (Lipinski definition) is 4. The van der Waals surface area contributed by atoms with Gasteiger partial charge in [-0.05, 0) is 43.0 Å². The number of rotatable bonds is 2. The number of benzene rings is 1. The second-order valence-electron chi connectivity index (χ2n) is 6.88. The Labute approximate surface area is 157 Å². The number of carbonyl (C=O) groups excluding carboxylic acids is 2. The number of fused-ring (bicyclic) bond motifs is 2. The number of aryl methyl sites for hydroxylation is 2. The van der Waals surface area contributed by atoms with E-state index < -0.39 is 0 Å². The first kappa shape index (κ1) is 17.2. The Morgan fingerprint density at radius 3 is 2.78 bits per heavy atom. The summed E-state index contributed by atoms with van der Waals surface area (Å²) in [6.45, 7) is 4.12. The van der Waals surface area contributed by atoms with Crippen molar-refractivity contribution >= 4 is 34.4 Å². The molecule has 0 spiro atoms. The minimum atomic E-state index is -0.117. The number of amides is 2. The van der Waals surface area contributed by atoms with E-state index in [0.717, 1.165) is 35.3 Å². The molecule has 3 aromatic rings. The first-order chi connectivity index (χ1) is 13.0. The maximum absolute atomic E-state index is 13.4. The van der Waals surface area contributed by atoms with E-state index >= 15 is 0 Å². The van der Waals surface area contributed by atoms with E-state index in [1.54, 1.807) is 23.2 Å². The smallest absolute Gasteiger partial charge is 0.260 e. The lowest BCUT2D eigenvalue weighted by Crippen LogP contribution is -2.36. The van der Waals surface area contributed by atoms with Gasteiger partial charge in [0.25, 0.3) is 5.91 Å². The summed E-state index contributed by atoms with van der Waals surface area (Å²) in [5.74, 6) is -0.209. The van der Waals surface area contributed by atoms with Crippen LogP contribution in [0.1, 0.15) is 34.8 Å². The Kier molecular flexibility index (Phi) is 4.14. The van der Waals surface area contributed by atoms with E-state index in [2.05, 4.69) is 15.3 Å². The predicted octanol–water partition coefficient (Wildman–Crippen LogP) is 2.83. The molecule has 0 saturated heterocycles. The van der Waals surface area contributed by atoms with Gasteiger partial charge in [0.2, 0.25) is 5.91 Å². The van der Waals surface area contributed by atoms with Crippen LogP contribution < -0.4 is 10.2 Å². The lowest BCUT2D eigenvalue weighted by molar-refractivity contribution is -0.114. The first-order valence-electron chi connectivity index (χ1n) is 8.95. The summed E-state index contributed by atoms with van der Waals surface area (Å²) in [5.41, 5.74) is 5.51. The zero-order chi connectivity index (χ0) is 19.1. The van der Waals surface area contributed by atoms with Gasteiger partial charge in [0, 0.05) is 32.4 Å². The summed E-state index contributed by atoms with van der Waals surface area (Å²) in [5, 5.41) is 2.89. The van der Waals surface area contributed by atoms with Crippen molar-refractivity contribution in [1.82, 2.24) is 14.5 Å². The molecular weight excluding hydrogens is 342 g/mol. The van der Waals surface area contributed by atoms with Crippen LogP contribution in [0.2, 0.25) is 0 Å². The quantitative estimate of drug-likeness (QED) is 0.759. The molecule has 7 heteroatoms. The fraction of sp³-hybridized carbons (Fsp3) is 0.300. The Bertz CT molecular complexity index is 1070. The molecule has 2 amide bonds. The van der Waals surface area contributed by atoms with Crippen LogP contribution >= 0.6 is 0 Å². The zero-order valence-corrected chi connectivity index (χ0v) is 15.6. The van der Waals surface area contributed by atoms with Crippen LogP contribution in [0.3, 0.4) is 0 Å². The summed E-state index contributed by atoms with van der Waals surface area (Å²) >= 11 is 0. The van der Waals surface area contributed by atoms with Crippen molar-refractivity contribution in [2.24, 2.45) is 7.05 Å². The Hall–Kier alpha value is -3.22. The van der Waals surface area contributed by atoms with Gasteiger partial charge in [-0.25, -0.2) is 9.97 Å². The number of hydrogen-bond donors (Lipinski definition) is 1. The Morgan fingerprint density at radius 2 is 2.00 bits per heavy atom. The molecule has 2 aromatic heterocycles. The van der Waals surface area contributed by atoms with Gasteiger partial charge in [-0.3, -0.25) is 9.59 Å². The van der Waals surface area contributed by atoms with E-state index in [-0.39, 0.29) is 11.8 Å². The normalized spacial score (nSPS) is 13.5. The number of carbonyl (C=O) groups is 2.